The Morgan fingerprint density at radius 2 is 1.50 bits per heavy atom. The molecule has 0 aliphatic heterocycles. The summed E-state index contributed by atoms with van der Waals surface area (Å²) < 4.78 is 4.44. The van der Waals surface area contributed by atoms with Gasteiger partial charge < -0.3 is 35.4 Å². The lowest BCUT2D eigenvalue weighted by molar-refractivity contribution is -0.384. The van der Waals surface area contributed by atoms with Crippen molar-refractivity contribution in [2.75, 3.05) is 22.1 Å². The Morgan fingerprint density at radius 1 is 0.913 bits per heavy atom. The average Bonchev–Trinajstić information content (AvgIpc) is 3.68. The minimum atomic E-state index is -0.697. The Hall–Kier alpha value is -6.52. The fraction of sp³-hybridized carbons (Fsp3) is 0.172. The molecule has 0 saturated heterocycles. The van der Waals surface area contributed by atoms with E-state index in [0.29, 0.717) is 12.1 Å². The number of nitrogens with zero attached hydrogens (tertiary/aromatic N) is 5. The molecule has 0 fully saturated rings. The topological polar surface area (TPSA) is 239 Å². The molecule has 4 aromatic rings. The summed E-state index contributed by atoms with van der Waals surface area (Å²) in [6, 6.07) is 9.40. The molecule has 0 bridgehead atoms. The van der Waals surface area contributed by atoms with Gasteiger partial charge in [0.25, 0.3) is 23.4 Å². The number of anilines is 3. The van der Waals surface area contributed by atoms with Crippen LogP contribution in [0.3, 0.4) is 0 Å². The van der Waals surface area contributed by atoms with Crippen LogP contribution in [-0.4, -0.2) is 61.0 Å². The number of hydrogen-bond acceptors (Lipinski definition) is 8. The molecule has 0 aliphatic carbocycles. The maximum absolute atomic E-state index is 14.1. The number of rotatable bonds is 12. The summed E-state index contributed by atoms with van der Waals surface area (Å²) >= 11 is 0. The van der Waals surface area contributed by atoms with Gasteiger partial charge in [-0.1, -0.05) is 0 Å². The van der Waals surface area contributed by atoms with Gasteiger partial charge >= 0.3 is 0 Å². The van der Waals surface area contributed by atoms with E-state index in [4.69, 9.17) is 16.6 Å². The highest BCUT2D eigenvalue weighted by Crippen LogP contribution is 2.26. The van der Waals surface area contributed by atoms with Crippen LogP contribution in [0.5, 0.6) is 0 Å². The number of amides is 4. The second-order valence-corrected chi connectivity index (χ2v) is 10.2. The SMILES string of the molecule is Cn1cc(N(C(=N)c2ccc([N+](=O)[O-])cc2)C(=O)c2cc(NC(=O)c3cc(NC=O)cn3C)cn2C)cc1C(=O)NCCC(=N)N. The third kappa shape index (κ3) is 6.99. The lowest BCUT2D eigenvalue weighted by Gasteiger charge is -2.22. The minimum Gasteiger partial charge on any atom is -0.388 e. The molecule has 4 amide bonds. The predicted octanol–water partition coefficient (Wildman–Crippen LogP) is 2.16. The van der Waals surface area contributed by atoms with Crippen molar-refractivity contribution in [3.8, 4) is 0 Å². The number of carbonyl (C=O) groups is 4. The molecule has 0 radical (unpaired) electrons. The summed E-state index contributed by atoms with van der Waals surface area (Å²) in [4.78, 5) is 62.4. The van der Waals surface area contributed by atoms with Gasteiger partial charge in [-0.3, -0.25) is 45.0 Å². The maximum Gasteiger partial charge on any atom is 0.280 e. The fourth-order valence-electron chi connectivity index (χ4n) is 4.61. The summed E-state index contributed by atoms with van der Waals surface area (Å²) in [6.45, 7) is 0.117. The van der Waals surface area contributed by atoms with Gasteiger partial charge in [-0.2, -0.15) is 0 Å². The average molecular weight is 630 g/mol. The quantitative estimate of drug-likeness (QED) is 0.0448. The van der Waals surface area contributed by atoms with Crippen LogP contribution in [0.4, 0.5) is 22.7 Å². The van der Waals surface area contributed by atoms with Crippen LogP contribution < -0.4 is 26.6 Å². The number of hydrogen-bond donors (Lipinski definition) is 6. The second-order valence-electron chi connectivity index (χ2n) is 10.2. The molecule has 3 aromatic heterocycles. The molecule has 0 spiro atoms. The number of amidine groups is 2. The summed E-state index contributed by atoms with van der Waals surface area (Å²) in [7, 11) is 4.78. The molecule has 238 valence electrons. The van der Waals surface area contributed by atoms with Crippen LogP contribution in [0.2, 0.25) is 0 Å². The molecule has 7 N–H and O–H groups in total. The smallest absolute Gasteiger partial charge is 0.280 e. The highest BCUT2D eigenvalue weighted by molar-refractivity contribution is 6.26. The normalized spacial score (nSPS) is 10.6. The van der Waals surface area contributed by atoms with Gasteiger partial charge in [0.15, 0.2) is 0 Å². The molecule has 17 heteroatoms. The Kier molecular flexibility index (Phi) is 9.45. The van der Waals surface area contributed by atoms with Crippen molar-refractivity contribution in [1.82, 2.24) is 19.0 Å². The monoisotopic (exact) mass is 629 g/mol. The first-order valence-corrected chi connectivity index (χ1v) is 13.6. The molecule has 0 unspecified atom stereocenters. The van der Waals surface area contributed by atoms with E-state index in [0.717, 1.165) is 4.90 Å². The number of aromatic nitrogens is 3. The van der Waals surface area contributed by atoms with Crippen molar-refractivity contribution in [1.29, 1.82) is 10.8 Å². The predicted molar refractivity (Wildman–Crippen MR) is 169 cm³/mol. The molecule has 3 heterocycles. The lowest BCUT2D eigenvalue weighted by atomic mass is 10.1. The molecule has 1 aromatic carbocycles. The Bertz CT molecular complexity index is 1870. The third-order valence-electron chi connectivity index (χ3n) is 6.88. The zero-order valence-electron chi connectivity index (χ0n) is 25.0. The van der Waals surface area contributed by atoms with Crippen molar-refractivity contribution in [2.24, 2.45) is 26.9 Å². The van der Waals surface area contributed by atoms with Crippen LogP contribution in [0.1, 0.15) is 43.4 Å². The fourth-order valence-corrected chi connectivity index (χ4v) is 4.61. The number of nitrogens with one attached hydrogen (secondary N) is 5. The Balaban J connectivity index is 1.68. The van der Waals surface area contributed by atoms with Gasteiger partial charge in [0.05, 0.1) is 27.8 Å². The van der Waals surface area contributed by atoms with Crippen molar-refractivity contribution in [2.45, 2.75) is 6.42 Å². The van der Waals surface area contributed by atoms with Gasteiger partial charge in [0.2, 0.25) is 6.41 Å². The zero-order chi connectivity index (χ0) is 33.7. The molecule has 17 nitrogen and oxygen atoms in total. The highest BCUT2D eigenvalue weighted by atomic mass is 16.6. The van der Waals surface area contributed by atoms with Crippen LogP contribution >= 0.6 is 0 Å². The van der Waals surface area contributed by atoms with E-state index in [1.54, 1.807) is 27.3 Å². The molecule has 0 aliphatic rings. The lowest BCUT2D eigenvalue weighted by Crippen LogP contribution is -2.38. The van der Waals surface area contributed by atoms with Gasteiger partial charge in [0.1, 0.15) is 22.9 Å². The van der Waals surface area contributed by atoms with Crippen LogP contribution in [0, 0.1) is 20.9 Å². The van der Waals surface area contributed by atoms with Crippen LogP contribution in [0.25, 0.3) is 0 Å². The first-order valence-electron chi connectivity index (χ1n) is 13.6. The van der Waals surface area contributed by atoms with Gasteiger partial charge in [-0.15, -0.1) is 0 Å². The largest absolute Gasteiger partial charge is 0.388 e. The van der Waals surface area contributed by atoms with Crippen molar-refractivity contribution in [3.63, 3.8) is 0 Å². The number of carbonyl (C=O) groups excluding carboxylic acids is 4. The first-order chi connectivity index (χ1) is 21.8. The molecule has 0 atom stereocenters. The summed E-state index contributed by atoms with van der Waals surface area (Å²) in [5.41, 5.74) is 6.63. The van der Waals surface area contributed by atoms with Crippen LogP contribution in [0.15, 0.2) is 61.1 Å². The highest BCUT2D eigenvalue weighted by Gasteiger charge is 2.29. The van der Waals surface area contributed by atoms with E-state index in [2.05, 4.69) is 16.0 Å². The second kappa shape index (κ2) is 13.4. The molecule has 0 saturated carbocycles. The summed E-state index contributed by atoms with van der Waals surface area (Å²) in [6.07, 6.45) is 5.17. The molecule has 46 heavy (non-hydrogen) atoms. The number of nitro benzene ring substituents is 1. The van der Waals surface area contributed by atoms with Gasteiger partial charge in [-0.05, 0) is 30.3 Å². The Morgan fingerprint density at radius 3 is 2.13 bits per heavy atom. The van der Waals surface area contributed by atoms with E-state index >= 15 is 0 Å². The number of benzene rings is 1. The number of non-ortho nitro benzene ring substituents is 1. The molecule has 4 rings (SSSR count). The Labute approximate surface area is 261 Å². The van der Waals surface area contributed by atoms with Crippen molar-refractivity contribution in [3.05, 3.63) is 93.8 Å². The number of nitro groups is 1. The standard InChI is InChI=1S/C29H31N11O6/c1-36-13-18(34-16-41)10-22(36)28(43)35-19-11-24(37(2)14-19)29(44)39(26(32)17-4-6-20(7-5-17)40(45)46)21-12-23(38(3)15-21)27(42)33-9-8-25(30)31/h4-7,10-16,32H,8-9H2,1-3H3,(H3,30,31)(H,33,42)(H,34,41)(H,35,43). The third-order valence-corrected chi connectivity index (χ3v) is 6.88. The van der Waals surface area contributed by atoms with Crippen LogP contribution in [-0.2, 0) is 25.9 Å². The molecular weight excluding hydrogens is 598 g/mol. The van der Waals surface area contributed by atoms with E-state index < -0.39 is 22.6 Å². The zero-order valence-corrected chi connectivity index (χ0v) is 25.0. The maximum atomic E-state index is 14.1. The first kappa shape index (κ1) is 32.4. The summed E-state index contributed by atoms with van der Waals surface area (Å²) in [5.74, 6) is -2.13. The van der Waals surface area contributed by atoms with E-state index in [1.165, 1.54) is 68.6 Å². The summed E-state index contributed by atoms with van der Waals surface area (Å²) in [5, 5.41) is 35.3. The van der Waals surface area contributed by atoms with Crippen molar-refractivity contribution < 1.29 is 24.1 Å². The number of aryl methyl sites for hydroxylation is 3. The number of nitrogens with two attached hydrogens (primary N) is 1. The molecular formula is C29H31N11O6. The van der Waals surface area contributed by atoms with Crippen molar-refractivity contribution >= 4 is 58.6 Å². The van der Waals surface area contributed by atoms with E-state index in [-0.39, 0.29) is 64.3 Å². The van der Waals surface area contributed by atoms with Gasteiger partial charge in [-0.25, -0.2) is 0 Å². The van der Waals surface area contributed by atoms with E-state index in [1.807, 2.05) is 0 Å². The minimum absolute atomic E-state index is 0.0634. The van der Waals surface area contributed by atoms with Gasteiger partial charge in [0, 0.05) is 70.4 Å². The van der Waals surface area contributed by atoms with E-state index in [9.17, 15) is 29.3 Å².